The van der Waals surface area contributed by atoms with Gasteiger partial charge in [-0.15, -0.1) is 11.1 Å². The molecule has 2 aromatic carbocycles. The first kappa shape index (κ1) is 41.1. The molecule has 0 aromatic heterocycles. The average molecular weight is 695 g/mol. The summed E-state index contributed by atoms with van der Waals surface area (Å²) < 4.78 is 0. The molecule has 1 fully saturated rings. The number of unbranched alkanes of at least 4 members (excludes halogenated alkanes) is 6. The molecule has 0 N–H and O–H groups in total. The van der Waals surface area contributed by atoms with Gasteiger partial charge in [0.2, 0.25) is 0 Å². The number of hydrogen-bond donors (Lipinski definition) is 0. The zero-order valence-corrected chi connectivity index (χ0v) is 34.5. The van der Waals surface area contributed by atoms with Crippen molar-refractivity contribution < 1.29 is 4.79 Å². The lowest BCUT2D eigenvalue weighted by molar-refractivity contribution is -0.128. The molecule has 49 heavy (non-hydrogen) atoms. The molecule has 0 amide bonds. The first-order chi connectivity index (χ1) is 23.9. The van der Waals surface area contributed by atoms with Crippen LogP contribution in [0.4, 0.5) is 0 Å². The Balaban J connectivity index is 2.34. The highest BCUT2D eigenvalue weighted by Gasteiger charge is 2.54. The fourth-order valence-corrected chi connectivity index (χ4v) is 17.7. The normalized spacial score (nSPS) is 19.5. The Morgan fingerprint density at radius 3 is 1.04 bits per heavy atom. The van der Waals surface area contributed by atoms with Gasteiger partial charge in [0.15, 0.2) is 5.78 Å². The van der Waals surface area contributed by atoms with Crippen molar-refractivity contribution in [2.24, 2.45) is 0 Å². The Kier molecular flexibility index (Phi) is 17.7. The third kappa shape index (κ3) is 10.8. The summed E-state index contributed by atoms with van der Waals surface area (Å²) in [4.78, 5) is 15.9. The van der Waals surface area contributed by atoms with Gasteiger partial charge in [-0.1, -0.05) is 191 Å². The van der Waals surface area contributed by atoms with Gasteiger partial charge in [-0.3, -0.25) is 4.79 Å². The van der Waals surface area contributed by atoms with Crippen molar-refractivity contribution in [2.75, 3.05) is 0 Å². The highest BCUT2D eigenvalue weighted by Crippen LogP contribution is 2.47. The van der Waals surface area contributed by atoms with Gasteiger partial charge in [0.1, 0.15) is 27.0 Å². The van der Waals surface area contributed by atoms with Gasteiger partial charge in [0.25, 0.3) is 0 Å². The Labute approximate surface area is 305 Å². The largest absolute Gasteiger partial charge is 0.295 e. The first-order valence-electron chi connectivity index (χ1n) is 20.6. The Morgan fingerprint density at radius 2 is 0.776 bits per heavy atom. The molecular weight excluding hydrogens is 625 g/mol. The van der Waals surface area contributed by atoms with E-state index < -0.39 is 27.0 Å². The van der Waals surface area contributed by atoms with Crippen LogP contribution in [0.2, 0.25) is 36.3 Å². The molecule has 268 valence electrons. The number of hydrogen-bond acceptors (Lipinski definition) is 1. The molecule has 0 saturated heterocycles. The molecule has 1 nitrogen and oxygen atoms in total. The molecule has 3 rings (SSSR count). The monoisotopic (exact) mass is 694 g/mol. The molecule has 1 aliphatic rings. The van der Waals surface area contributed by atoms with Crippen LogP contribution >= 0.6 is 0 Å². The van der Waals surface area contributed by atoms with Crippen LogP contribution in [0.15, 0.2) is 60.7 Å². The summed E-state index contributed by atoms with van der Waals surface area (Å²) in [6.45, 7) is 13.9. The van der Waals surface area contributed by atoms with Crippen molar-refractivity contribution in [3.63, 3.8) is 0 Å². The van der Waals surface area contributed by atoms with E-state index in [1.165, 1.54) is 113 Å². The van der Waals surface area contributed by atoms with E-state index in [0.717, 1.165) is 30.4 Å². The van der Waals surface area contributed by atoms with Crippen molar-refractivity contribution >= 4 is 21.9 Å². The second-order valence-electron chi connectivity index (χ2n) is 15.4. The van der Waals surface area contributed by atoms with E-state index >= 15 is 4.79 Å². The summed E-state index contributed by atoms with van der Waals surface area (Å²) in [7, 11) is -3.83. The van der Waals surface area contributed by atoms with E-state index in [9.17, 15) is 0 Å². The number of Topliss-reactive ketones (excluding diaryl/α,β-unsaturated/α-hetero) is 1. The van der Waals surface area contributed by atoms with Crippen molar-refractivity contribution in [3.05, 3.63) is 71.8 Å². The van der Waals surface area contributed by atoms with Crippen molar-refractivity contribution in [1.82, 2.24) is 0 Å². The molecule has 0 spiro atoms. The highest BCUT2D eigenvalue weighted by molar-refractivity contribution is 6.87. The van der Waals surface area contributed by atoms with E-state index in [4.69, 9.17) is 0 Å². The van der Waals surface area contributed by atoms with E-state index in [1.807, 2.05) is 0 Å². The van der Waals surface area contributed by atoms with Crippen LogP contribution in [-0.4, -0.2) is 21.9 Å². The molecule has 1 saturated carbocycles. The molecule has 0 unspecified atom stereocenters. The maximum absolute atomic E-state index is 15.9. The van der Waals surface area contributed by atoms with Gasteiger partial charge in [0, 0.05) is 0 Å². The van der Waals surface area contributed by atoms with Crippen LogP contribution in [-0.2, 0) is 15.6 Å². The molecule has 2 atom stereocenters. The second-order valence-corrected chi connectivity index (χ2v) is 24.0. The predicted molar refractivity (Wildman–Crippen MR) is 220 cm³/mol. The quantitative estimate of drug-likeness (QED) is 0.0996. The lowest BCUT2D eigenvalue weighted by Gasteiger charge is -2.43. The minimum atomic E-state index is -1.91. The summed E-state index contributed by atoms with van der Waals surface area (Å²) in [6.07, 6.45) is 17.3. The van der Waals surface area contributed by atoms with Crippen molar-refractivity contribution in [2.45, 2.75) is 185 Å². The molecule has 0 bridgehead atoms. The minimum absolute atomic E-state index is 0.261. The van der Waals surface area contributed by atoms with E-state index in [0.29, 0.717) is 0 Å². The summed E-state index contributed by atoms with van der Waals surface area (Å²) in [5, 5.41) is 0. The highest BCUT2D eigenvalue weighted by atomic mass is 28.3. The van der Waals surface area contributed by atoms with E-state index in [-0.39, 0.29) is 5.78 Å². The van der Waals surface area contributed by atoms with E-state index in [2.05, 4.69) is 125 Å². The molecule has 0 heterocycles. The van der Waals surface area contributed by atoms with Gasteiger partial charge < -0.3 is 0 Å². The summed E-state index contributed by atoms with van der Waals surface area (Å²) >= 11 is 0. The molecule has 0 radical (unpaired) electrons. The van der Waals surface area contributed by atoms with Gasteiger partial charge in [-0.25, -0.2) is 0 Å². The van der Waals surface area contributed by atoms with Crippen LogP contribution in [0.25, 0.3) is 0 Å². The Bertz CT molecular complexity index is 1210. The van der Waals surface area contributed by atoms with E-state index in [1.54, 1.807) is 0 Å². The first-order valence-corrected chi connectivity index (χ1v) is 25.8. The standard InChI is InChI=1S/C46H70OSi2/c1-7-13-34-48(35-14-8-2,36-15-9-3)40-32-45(42-26-21-19-22-27-42)30-25-31-46(44(45)47,43-28-23-20-24-29-43)33-41-49(37-16-10-4,38-17-11-5)39-18-12-6/h19-24,26-29H,7-18,25,30-31,34-39H2,1-6H3/t45-,46-/m1/s1. The van der Waals surface area contributed by atoms with Crippen LogP contribution in [0, 0.1) is 22.9 Å². The lowest BCUT2D eigenvalue weighted by atomic mass is 9.57. The zero-order chi connectivity index (χ0) is 35.5. The van der Waals surface area contributed by atoms with Crippen LogP contribution in [0.1, 0.15) is 149 Å². The van der Waals surface area contributed by atoms with Crippen molar-refractivity contribution in [1.29, 1.82) is 0 Å². The minimum Gasteiger partial charge on any atom is -0.295 e. The number of carbonyl (C=O) groups is 1. The summed E-state index contributed by atoms with van der Waals surface area (Å²) in [5.74, 6) is 8.26. The van der Waals surface area contributed by atoms with Crippen LogP contribution in [0.3, 0.4) is 0 Å². The molecule has 2 aromatic rings. The third-order valence-corrected chi connectivity index (χ3v) is 20.7. The number of benzene rings is 2. The third-order valence-electron chi connectivity index (χ3n) is 11.5. The van der Waals surface area contributed by atoms with Gasteiger partial charge >= 0.3 is 0 Å². The second kappa shape index (κ2) is 21.1. The van der Waals surface area contributed by atoms with Gasteiger partial charge in [-0.2, -0.15) is 0 Å². The molecule has 0 aliphatic heterocycles. The van der Waals surface area contributed by atoms with Gasteiger partial charge in [0.05, 0.1) is 0 Å². The molecule has 1 aliphatic carbocycles. The van der Waals surface area contributed by atoms with Crippen LogP contribution < -0.4 is 0 Å². The van der Waals surface area contributed by atoms with Crippen LogP contribution in [0.5, 0.6) is 0 Å². The number of carbonyl (C=O) groups excluding carboxylic acids is 1. The van der Waals surface area contributed by atoms with Crippen molar-refractivity contribution in [3.8, 4) is 22.9 Å². The predicted octanol–water partition coefficient (Wildman–Crippen LogP) is 13.4. The number of ketones is 1. The average Bonchev–Trinajstić information content (AvgIpc) is 3.15. The lowest BCUT2D eigenvalue weighted by Crippen LogP contribution is -2.52. The Hall–Kier alpha value is -2.34. The fourth-order valence-electron chi connectivity index (χ4n) is 8.28. The fraction of sp³-hybridized carbons (Fsp3) is 0.630. The van der Waals surface area contributed by atoms with Gasteiger partial charge in [-0.05, 0) is 66.7 Å². The number of rotatable bonds is 20. The summed E-state index contributed by atoms with van der Waals surface area (Å²) in [5.41, 5.74) is 8.83. The maximum atomic E-state index is 15.9. The Morgan fingerprint density at radius 1 is 0.490 bits per heavy atom. The maximum Gasteiger partial charge on any atom is 0.177 e. The molecule has 3 heteroatoms. The molecular formula is C46H70OSi2. The zero-order valence-electron chi connectivity index (χ0n) is 32.5. The summed E-state index contributed by atoms with van der Waals surface area (Å²) in [6, 6.07) is 29.0. The SMILES string of the molecule is CCCC[Si](C#C[C@@]1(c2ccccc2)CCC[C@@](C#C[Si](CCCC)(CCCC)CCCC)(c2ccccc2)C1=O)(CCCC)CCCC. The smallest absolute Gasteiger partial charge is 0.177 e. The topological polar surface area (TPSA) is 17.1 Å².